The highest BCUT2D eigenvalue weighted by molar-refractivity contribution is 7.10. The number of rotatable bonds is 3. The first kappa shape index (κ1) is 14.1. The first-order valence-corrected chi connectivity index (χ1v) is 8.07. The average Bonchev–Trinajstić information content (AvgIpc) is 3.19. The van der Waals surface area contributed by atoms with Crippen LogP contribution in [0.5, 0.6) is 0 Å². The summed E-state index contributed by atoms with van der Waals surface area (Å²) < 4.78 is 5.34. The topological polar surface area (TPSA) is 58.4 Å². The Morgan fingerprint density at radius 1 is 1.62 bits per heavy atom. The van der Waals surface area contributed by atoms with Gasteiger partial charge in [0, 0.05) is 17.5 Å². The Hall–Kier alpha value is -1.82. The van der Waals surface area contributed by atoms with Crippen molar-refractivity contribution in [1.29, 1.82) is 0 Å². The lowest BCUT2D eigenvalue weighted by atomic mass is 10.1. The van der Waals surface area contributed by atoms with Gasteiger partial charge in [0.05, 0.1) is 17.8 Å². The molecule has 0 aliphatic carbocycles. The number of nitrogens with zero attached hydrogens (tertiary/aromatic N) is 2. The van der Waals surface area contributed by atoms with E-state index in [0.717, 1.165) is 35.7 Å². The number of nitrogens with one attached hydrogen (secondary N) is 1. The molecule has 6 heteroatoms. The van der Waals surface area contributed by atoms with Gasteiger partial charge in [0.25, 0.3) is 0 Å². The maximum absolute atomic E-state index is 12.5. The molecular weight excluding hydrogens is 286 g/mol. The molecular formula is C15H19N3O2S. The molecule has 1 aliphatic heterocycles. The van der Waals surface area contributed by atoms with E-state index >= 15 is 0 Å². The van der Waals surface area contributed by atoms with Crippen molar-refractivity contribution in [2.75, 3.05) is 6.54 Å². The zero-order valence-electron chi connectivity index (χ0n) is 12.2. The Kier molecular flexibility index (Phi) is 3.96. The second-order valence-electron chi connectivity index (χ2n) is 5.41. The summed E-state index contributed by atoms with van der Waals surface area (Å²) in [7, 11) is 0. The SMILES string of the molecule is Cc1cc([C@H]2CCCN2C(=O)N[C@@H](C)c2cccs2)on1. The third kappa shape index (κ3) is 2.95. The minimum Gasteiger partial charge on any atom is -0.359 e. The monoisotopic (exact) mass is 305 g/mol. The van der Waals surface area contributed by atoms with E-state index < -0.39 is 0 Å². The average molecular weight is 305 g/mol. The minimum atomic E-state index is -0.0348. The van der Waals surface area contributed by atoms with Crippen LogP contribution in [-0.4, -0.2) is 22.6 Å². The van der Waals surface area contributed by atoms with Gasteiger partial charge in [-0.2, -0.15) is 0 Å². The molecule has 3 rings (SSSR count). The second kappa shape index (κ2) is 5.89. The van der Waals surface area contributed by atoms with Gasteiger partial charge in [-0.05, 0) is 38.1 Å². The summed E-state index contributed by atoms with van der Waals surface area (Å²) in [6, 6.07) is 5.94. The molecule has 2 aromatic rings. The van der Waals surface area contributed by atoms with E-state index in [1.165, 1.54) is 0 Å². The summed E-state index contributed by atoms with van der Waals surface area (Å²) in [5, 5.41) is 9.01. The van der Waals surface area contributed by atoms with Gasteiger partial charge in [-0.1, -0.05) is 11.2 Å². The molecule has 5 nitrogen and oxygen atoms in total. The lowest BCUT2D eigenvalue weighted by molar-refractivity contribution is 0.179. The Labute approximate surface area is 127 Å². The predicted octanol–water partition coefficient (Wildman–Crippen LogP) is 3.65. The highest BCUT2D eigenvalue weighted by atomic mass is 32.1. The molecule has 1 N–H and O–H groups in total. The van der Waals surface area contributed by atoms with Crippen LogP contribution < -0.4 is 5.32 Å². The molecule has 0 unspecified atom stereocenters. The van der Waals surface area contributed by atoms with Crippen molar-refractivity contribution in [3.05, 3.63) is 39.9 Å². The maximum atomic E-state index is 12.5. The highest BCUT2D eigenvalue weighted by Crippen LogP contribution is 2.32. The van der Waals surface area contributed by atoms with Gasteiger partial charge in [0.1, 0.15) is 0 Å². The third-order valence-corrected chi connectivity index (χ3v) is 4.85. The lowest BCUT2D eigenvalue weighted by Gasteiger charge is -2.25. The number of aryl methyl sites for hydroxylation is 1. The standard InChI is InChI=1S/C15H19N3O2S/c1-10-9-13(20-17-10)12-5-3-7-18(12)15(19)16-11(2)14-6-4-8-21-14/h4,6,8-9,11-12H,3,5,7H2,1-2H3,(H,16,19)/t11-,12+/m0/s1. The molecule has 2 aromatic heterocycles. The van der Waals surface area contributed by atoms with Crippen molar-refractivity contribution < 1.29 is 9.32 Å². The van der Waals surface area contributed by atoms with Gasteiger partial charge < -0.3 is 14.7 Å². The molecule has 1 aliphatic rings. The van der Waals surface area contributed by atoms with E-state index in [2.05, 4.69) is 10.5 Å². The minimum absolute atomic E-state index is 0.00161. The molecule has 0 radical (unpaired) electrons. The van der Waals surface area contributed by atoms with Crippen molar-refractivity contribution in [2.24, 2.45) is 0 Å². The van der Waals surface area contributed by atoms with E-state index in [1.807, 2.05) is 42.3 Å². The number of carbonyl (C=O) groups is 1. The van der Waals surface area contributed by atoms with Gasteiger partial charge in [-0.25, -0.2) is 4.79 Å². The molecule has 0 bridgehead atoms. The largest absolute Gasteiger partial charge is 0.359 e. The van der Waals surface area contributed by atoms with Crippen molar-refractivity contribution in [3.63, 3.8) is 0 Å². The molecule has 2 atom stereocenters. The molecule has 1 fully saturated rings. The first-order valence-electron chi connectivity index (χ1n) is 7.19. The predicted molar refractivity (Wildman–Crippen MR) is 81.2 cm³/mol. The molecule has 0 spiro atoms. The Morgan fingerprint density at radius 3 is 3.14 bits per heavy atom. The van der Waals surface area contributed by atoms with E-state index in [9.17, 15) is 4.79 Å². The number of urea groups is 1. The van der Waals surface area contributed by atoms with Crippen LogP contribution >= 0.6 is 11.3 Å². The zero-order chi connectivity index (χ0) is 14.8. The van der Waals surface area contributed by atoms with Gasteiger partial charge >= 0.3 is 6.03 Å². The van der Waals surface area contributed by atoms with Gasteiger partial charge in [0.2, 0.25) is 0 Å². The van der Waals surface area contributed by atoms with Crippen molar-refractivity contribution in [1.82, 2.24) is 15.4 Å². The van der Waals surface area contributed by atoms with Gasteiger partial charge in [-0.3, -0.25) is 0 Å². The Morgan fingerprint density at radius 2 is 2.48 bits per heavy atom. The quantitative estimate of drug-likeness (QED) is 0.941. The molecule has 21 heavy (non-hydrogen) atoms. The van der Waals surface area contributed by atoms with Crippen LogP contribution in [-0.2, 0) is 0 Å². The van der Waals surface area contributed by atoms with Crippen LogP contribution in [0.25, 0.3) is 0 Å². The zero-order valence-corrected chi connectivity index (χ0v) is 13.0. The van der Waals surface area contributed by atoms with Crippen LogP contribution in [0.4, 0.5) is 4.79 Å². The van der Waals surface area contributed by atoms with Crippen molar-refractivity contribution in [3.8, 4) is 0 Å². The van der Waals surface area contributed by atoms with Crippen molar-refractivity contribution in [2.45, 2.75) is 38.8 Å². The van der Waals surface area contributed by atoms with Crippen LogP contribution in [0.15, 0.2) is 28.1 Å². The normalized spacial score (nSPS) is 19.7. The Bertz CT molecular complexity index is 608. The molecule has 0 aromatic carbocycles. The summed E-state index contributed by atoms with van der Waals surface area (Å²) in [6.45, 7) is 4.66. The van der Waals surface area contributed by atoms with E-state index in [-0.39, 0.29) is 18.1 Å². The van der Waals surface area contributed by atoms with Crippen LogP contribution in [0.2, 0.25) is 0 Å². The van der Waals surface area contributed by atoms with Crippen LogP contribution in [0.1, 0.15) is 48.2 Å². The summed E-state index contributed by atoms with van der Waals surface area (Å²) in [5.41, 5.74) is 0.851. The molecule has 1 saturated heterocycles. The number of likely N-dealkylation sites (tertiary alicyclic amines) is 1. The number of aromatic nitrogens is 1. The van der Waals surface area contributed by atoms with E-state index in [1.54, 1.807) is 11.3 Å². The number of carbonyl (C=O) groups excluding carboxylic acids is 1. The summed E-state index contributed by atoms with van der Waals surface area (Å²) in [5.74, 6) is 0.781. The molecule has 2 amide bonds. The number of amides is 2. The number of hydrogen-bond donors (Lipinski definition) is 1. The number of thiophene rings is 1. The smallest absolute Gasteiger partial charge is 0.318 e. The summed E-state index contributed by atoms with van der Waals surface area (Å²) in [6.07, 6.45) is 1.92. The molecule has 112 valence electrons. The fraction of sp³-hybridized carbons (Fsp3) is 0.467. The van der Waals surface area contributed by atoms with E-state index in [0.29, 0.717) is 0 Å². The van der Waals surface area contributed by atoms with Crippen LogP contribution in [0, 0.1) is 6.92 Å². The fourth-order valence-corrected chi connectivity index (χ4v) is 3.46. The highest BCUT2D eigenvalue weighted by Gasteiger charge is 2.33. The molecule has 0 saturated carbocycles. The van der Waals surface area contributed by atoms with E-state index in [4.69, 9.17) is 4.52 Å². The Balaban J connectivity index is 1.68. The van der Waals surface area contributed by atoms with Crippen molar-refractivity contribution >= 4 is 17.4 Å². The second-order valence-corrected chi connectivity index (χ2v) is 6.39. The third-order valence-electron chi connectivity index (χ3n) is 3.80. The maximum Gasteiger partial charge on any atom is 0.318 e. The summed E-state index contributed by atoms with van der Waals surface area (Å²) >= 11 is 1.65. The first-order chi connectivity index (χ1) is 10.1. The van der Waals surface area contributed by atoms with Crippen LogP contribution in [0.3, 0.4) is 0 Å². The van der Waals surface area contributed by atoms with Gasteiger partial charge in [0.15, 0.2) is 5.76 Å². The summed E-state index contributed by atoms with van der Waals surface area (Å²) in [4.78, 5) is 15.5. The van der Waals surface area contributed by atoms with Gasteiger partial charge in [-0.15, -0.1) is 11.3 Å². The number of hydrogen-bond acceptors (Lipinski definition) is 4. The molecule has 3 heterocycles. The lowest BCUT2D eigenvalue weighted by Crippen LogP contribution is -2.40. The fourth-order valence-electron chi connectivity index (χ4n) is 2.72.